The maximum atomic E-state index is 7.94. The van der Waals surface area contributed by atoms with Gasteiger partial charge in [0.05, 0.1) is 25.0 Å². The lowest BCUT2D eigenvalue weighted by atomic mass is 9.53. The van der Waals surface area contributed by atoms with Crippen LogP contribution in [-0.2, 0) is 14.2 Å². The molecule has 48 heavy (non-hydrogen) atoms. The van der Waals surface area contributed by atoms with Crippen molar-refractivity contribution in [2.24, 2.45) is 70.0 Å². The molecule has 4 heterocycles. The highest BCUT2D eigenvalue weighted by Crippen LogP contribution is 2.67. The summed E-state index contributed by atoms with van der Waals surface area (Å²) in [5, 5.41) is 4.08. The highest BCUT2D eigenvalue weighted by Gasteiger charge is 2.73. The summed E-state index contributed by atoms with van der Waals surface area (Å²) in [4.78, 5) is 2.88. The van der Waals surface area contributed by atoms with Crippen molar-refractivity contribution in [3.63, 3.8) is 0 Å². The standard InChI is InChI=1S/C43H74N2O3/c1-9-41(7,10-2)35-24-36(42(8,11-3)12-4)48-43(47-35)33-23-31(26(5)6)29-19-15-16-20-30(29)37(33)39-38-32-21-27-17-13-14-18-28(27)22-34(32)46-40(38)44-25-45(39)43/h26-40,44H,9-25H2,1-8H3. The molecule has 4 saturated carbocycles. The molecule has 8 aliphatic rings. The third-order valence-corrected chi connectivity index (χ3v) is 17.9. The number of rotatable bonds is 7. The number of nitrogens with zero attached hydrogens (tertiary/aromatic N) is 1. The van der Waals surface area contributed by atoms with Gasteiger partial charge in [-0.3, -0.25) is 5.32 Å². The van der Waals surface area contributed by atoms with Gasteiger partial charge >= 0.3 is 0 Å². The number of fused-ring (bicyclic) bond motifs is 12. The average Bonchev–Trinajstić information content (AvgIpc) is 3.61. The van der Waals surface area contributed by atoms with E-state index >= 15 is 0 Å². The lowest BCUT2D eigenvalue weighted by molar-refractivity contribution is -0.419. The van der Waals surface area contributed by atoms with Gasteiger partial charge in [0.2, 0.25) is 5.91 Å². The van der Waals surface area contributed by atoms with Crippen LogP contribution in [0.5, 0.6) is 0 Å². The quantitative estimate of drug-likeness (QED) is 0.293. The lowest BCUT2D eigenvalue weighted by Gasteiger charge is -2.58. The van der Waals surface area contributed by atoms with Gasteiger partial charge in [0.15, 0.2) is 0 Å². The number of ether oxygens (including phenoxy) is 3. The van der Waals surface area contributed by atoms with E-state index in [-0.39, 0.29) is 29.3 Å². The molecule has 4 aliphatic carbocycles. The predicted octanol–water partition coefficient (Wildman–Crippen LogP) is 9.98. The zero-order valence-electron chi connectivity index (χ0n) is 32.4. The summed E-state index contributed by atoms with van der Waals surface area (Å²) in [7, 11) is 0. The molecule has 14 atom stereocenters. The van der Waals surface area contributed by atoms with E-state index in [0.29, 0.717) is 41.7 Å². The maximum absolute atomic E-state index is 7.94. The molecule has 4 saturated heterocycles. The molecule has 274 valence electrons. The topological polar surface area (TPSA) is 43.0 Å². The van der Waals surface area contributed by atoms with E-state index in [1.807, 2.05) is 0 Å². The first-order valence-corrected chi connectivity index (χ1v) is 21.6. The molecule has 8 fully saturated rings. The molecule has 4 aliphatic heterocycles. The molecule has 0 aromatic carbocycles. The summed E-state index contributed by atoms with van der Waals surface area (Å²) in [6.07, 6.45) is 22.2. The van der Waals surface area contributed by atoms with Gasteiger partial charge in [-0.1, -0.05) is 93.9 Å². The minimum Gasteiger partial charge on any atom is -0.359 e. The van der Waals surface area contributed by atoms with Crippen LogP contribution in [0, 0.1) is 70.0 Å². The van der Waals surface area contributed by atoms with Crippen LogP contribution in [0.25, 0.3) is 0 Å². The minimum absolute atomic E-state index is 0.150. The molecule has 0 aromatic heterocycles. The van der Waals surface area contributed by atoms with Crippen molar-refractivity contribution in [1.29, 1.82) is 0 Å². The lowest BCUT2D eigenvalue weighted by Crippen LogP contribution is -2.69. The van der Waals surface area contributed by atoms with E-state index < -0.39 is 5.91 Å². The first-order valence-electron chi connectivity index (χ1n) is 21.6. The summed E-state index contributed by atoms with van der Waals surface area (Å²) >= 11 is 0. The van der Waals surface area contributed by atoms with Gasteiger partial charge in [0.25, 0.3) is 0 Å². The molecular weight excluding hydrogens is 592 g/mol. The molecule has 1 spiro atoms. The summed E-state index contributed by atoms with van der Waals surface area (Å²) in [6, 6.07) is 0.499. The number of nitrogens with one attached hydrogen (secondary N) is 1. The Bertz CT molecular complexity index is 1110. The molecular formula is C43H74N2O3. The molecule has 0 radical (unpaired) electrons. The first-order chi connectivity index (χ1) is 23.1. The second kappa shape index (κ2) is 13.0. The summed E-state index contributed by atoms with van der Waals surface area (Å²) in [5.41, 5.74) is 0.300. The Morgan fingerprint density at radius 3 is 1.90 bits per heavy atom. The van der Waals surface area contributed by atoms with Gasteiger partial charge in [0.1, 0.15) is 6.23 Å². The van der Waals surface area contributed by atoms with Crippen LogP contribution >= 0.6 is 0 Å². The van der Waals surface area contributed by atoms with Crippen LogP contribution in [0.15, 0.2) is 0 Å². The van der Waals surface area contributed by atoms with Crippen LogP contribution < -0.4 is 5.32 Å². The summed E-state index contributed by atoms with van der Waals surface area (Å²) < 4.78 is 23.1. The number of hydrogen-bond donors (Lipinski definition) is 1. The maximum Gasteiger partial charge on any atom is 0.235 e. The van der Waals surface area contributed by atoms with Gasteiger partial charge in [-0.2, -0.15) is 0 Å². The Labute approximate surface area is 295 Å². The fourth-order valence-corrected chi connectivity index (χ4v) is 14.1. The van der Waals surface area contributed by atoms with Crippen molar-refractivity contribution in [2.45, 2.75) is 195 Å². The predicted molar refractivity (Wildman–Crippen MR) is 194 cm³/mol. The van der Waals surface area contributed by atoms with E-state index in [1.54, 1.807) is 0 Å². The van der Waals surface area contributed by atoms with Crippen LogP contribution in [0.2, 0.25) is 0 Å². The van der Waals surface area contributed by atoms with E-state index in [4.69, 9.17) is 14.2 Å². The van der Waals surface area contributed by atoms with Crippen LogP contribution in [-0.4, -0.2) is 48.1 Å². The Kier molecular flexibility index (Phi) is 9.46. The van der Waals surface area contributed by atoms with Gasteiger partial charge < -0.3 is 14.2 Å². The second-order valence-electron chi connectivity index (χ2n) is 19.7. The third-order valence-electron chi connectivity index (χ3n) is 17.9. The number of hydrogen-bond acceptors (Lipinski definition) is 5. The van der Waals surface area contributed by atoms with Gasteiger partial charge in [-0.25, -0.2) is 4.90 Å². The van der Waals surface area contributed by atoms with Crippen molar-refractivity contribution in [3.05, 3.63) is 0 Å². The molecule has 5 nitrogen and oxygen atoms in total. The minimum atomic E-state index is -0.645. The van der Waals surface area contributed by atoms with Crippen molar-refractivity contribution < 1.29 is 14.2 Å². The average molecular weight is 667 g/mol. The Balaban J connectivity index is 1.25. The molecule has 0 amide bonds. The molecule has 5 heteroatoms. The fourth-order valence-electron chi connectivity index (χ4n) is 14.1. The van der Waals surface area contributed by atoms with Crippen molar-refractivity contribution in [3.8, 4) is 0 Å². The van der Waals surface area contributed by atoms with E-state index in [9.17, 15) is 0 Å². The second-order valence-corrected chi connectivity index (χ2v) is 19.7. The fraction of sp³-hybridized carbons (Fsp3) is 1.00. The molecule has 1 N–H and O–H groups in total. The van der Waals surface area contributed by atoms with Crippen molar-refractivity contribution in [1.82, 2.24) is 10.2 Å². The van der Waals surface area contributed by atoms with Crippen LogP contribution in [0.3, 0.4) is 0 Å². The Morgan fingerprint density at radius 2 is 1.29 bits per heavy atom. The first kappa shape index (κ1) is 34.9. The normalized spacial score (nSPS) is 49.2. The van der Waals surface area contributed by atoms with Crippen molar-refractivity contribution >= 4 is 0 Å². The Morgan fingerprint density at radius 1 is 0.708 bits per heavy atom. The SMILES string of the molecule is CCC(C)(CC)C1CC(C(C)(CC)CC)OC2(O1)C1CC(C(C)C)C3CCCCC3C1C1C3C(NCN12)OC1CC2CCCCC2CC13. The largest absolute Gasteiger partial charge is 0.359 e. The van der Waals surface area contributed by atoms with Crippen LogP contribution in [0.4, 0.5) is 0 Å². The summed E-state index contributed by atoms with van der Waals surface area (Å²) in [6.45, 7) is 20.6. The van der Waals surface area contributed by atoms with Gasteiger partial charge in [-0.15, -0.1) is 0 Å². The molecule has 8 rings (SSSR count). The van der Waals surface area contributed by atoms with E-state index in [1.165, 1.54) is 70.6 Å². The zero-order chi connectivity index (χ0) is 33.6. The van der Waals surface area contributed by atoms with Crippen LogP contribution in [0.1, 0.15) is 158 Å². The molecule has 0 aromatic rings. The zero-order valence-corrected chi connectivity index (χ0v) is 32.4. The van der Waals surface area contributed by atoms with E-state index in [2.05, 4.69) is 65.6 Å². The highest BCUT2D eigenvalue weighted by atomic mass is 16.7. The molecule has 0 bridgehead atoms. The van der Waals surface area contributed by atoms with Gasteiger partial charge in [0, 0.05) is 24.3 Å². The highest BCUT2D eigenvalue weighted by molar-refractivity contribution is 5.17. The third kappa shape index (κ3) is 5.21. The van der Waals surface area contributed by atoms with Crippen molar-refractivity contribution in [2.75, 3.05) is 6.67 Å². The Hall–Kier alpha value is -0.200. The monoisotopic (exact) mass is 667 g/mol. The smallest absolute Gasteiger partial charge is 0.235 e. The molecule has 14 unspecified atom stereocenters. The van der Waals surface area contributed by atoms with E-state index in [0.717, 1.165) is 68.4 Å². The summed E-state index contributed by atoms with van der Waals surface area (Å²) in [5.74, 6) is 6.61. The van der Waals surface area contributed by atoms with Gasteiger partial charge in [-0.05, 0) is 116 Å².